The molecule has 4 heteroatoms. The Labute approximate surface area is 184 Å². The summed E-state index contributed by atoms with van der Waals surface area (Å²) in [5.74, 6) is 1.03. The van der Waals surface area contributed by atoms with E-state index in [0.29, 0.717) is 6.04 Å². The second kappa shape index (κ2) is 8.66. The number of benzene rings is 3. The molecule has 31 heavy (non-hydrogen) atoms. The molecule has 158 valence electrons. The number of likely N-dealkylation sites (N-methyl/N-ethyl adjacent to an activating group) is 1. The number of hydrogen-bond acceptors (Lipinski definition) is 3. The van der Waals surface area contributed by atoms with Gasteiger partial charge in [0.05, 0.1) is 11.0 Å². The van der Waals surface area contributed by atoms with Crippen molar-refractivity contribution in [2.45, 2.75) is 25.6 Å². The summed E-state index contributed by atoms with van der Waals surface area (Å²) in [6.45, 7) is 4.20. The average molecular weight is 411 g/mol. The molecule has 1 aliphatic rings. The third kappa shape index (κ3) is 4.27. The lowest BCUT2D eigenvalue weighted by molar-refractivity contribution is 0.264. The van der Waals surface area contributed by atoms with Crippen LogP contribution in [0.5, 0.6) is 0 Å². The van der Waals surface area contributed by atoms with Crippen molar-refractivity contribution < 1.29 is 0 Å². The molecule has 1 aromatic heterocycles. The van der Waals surface area contributed by atoms with E-state index in [1.165, 1.54) is 29.6 Å². The van der Waals surface area contributed by atoms with Gasteiger partial charge in [-0.25, -0.2) is 4.98 Å². The monoisotopic (exact) mass is 410 g/mol. The van der Waals surface area contributed by atoms with Gasteiger partial charge in [0.15, 0.2) is 0 Å². The van der Waals surface area contributed by atoms with E-state index in [1.54, 1.807) is 0 Å². The zero-order valence-electron chi connectivity index (χ0n) is 18.4. The summed E-state index contributed by atoms with van der Waals surface area (Å²) >= 11 is 0. The van der Waals surface area contributed by atoms with Crippen LogP contribution in [0.3, 0.4) is 0 Å². The molecule has 0 unspecified atom stereocenters. The van der Waals surface area contributed by atoms with Gasteiger partial charge in [0.1, 0.15) is 5.82 Å². The number of aromatic nitrogens is 2. The summed E-state index contributed by atoms with van der Waals surface area (Å²) in [6, 6.07) is 28.7. The standard InChI is InChI=1S/C27H30N4/c1-29(2)24-16-17-30(20-24)18-21-12-14-22(15-13-21)19-31-26-11-7-6-10-25(26)28-27(31)23-8-4-3-5-9-23/h3-15,24H,16-20H2,1-2H3/t24-/m1/s1. The number of rotatable bonds is 6. The maximum atomic E-state index is 4.94. The SMILES string of the molecule is CN(C)[C@@H]1CCN(Cc2ccc(Cn3c(-c4ccccc4)nc4ccccc43)cc2)C1. The fourth-order valence-electron chi connectivity index (χ4n) is 4.61. The van der Waals surface area contributed by atoms with Crippen LogP contribution in [-0.4, -0.2) is 52.6 Å². The highest BCUT2D eigenvalue weighted by Crippen LogP contribution is 2.26. The lowest BCUT2D eigenvalue weighted by Gasteiger charge is -2.20. The van der Waals surface area contributed by atoms with Crippen LogP contribution in [-0.2, 0) is 13.1 Å². The first kappa shape index (κ1) is 20.0. The quantitative estimate of drug-likeness (QED) is 0.452. The van der Waals surface area contributed by atoms with Gasteiger partial charge in [0.25, 0.3) is 0 Å². The predicted octanol–water partition coefficient (Wildman–Crippen LogP) is 4.89. The zero-order chi connectivity index (χ0) is 21.2. The number of imidazole rings is 1. The summed E-state index contributed by atoms with van der Waals surface area (Å²) in [5.41, 5.74) is 6.07. The molecule has 1 fully saturated rings. The first-order valence-corrected chi connectivity index (χ1v) is 11.1. The Kier molecular flexibility index (Phi) is 5.58. The number of hydrogen-bond donors (Lipinski definition) is 0. The first-order chi connectivity index (χ1) is 15.2. The van der Waals surface area contributed by atoms with Gasteiger partial charge in [-0.1, -0.05) is 66.7 Å². The van der Waals surface area contributed by atoms with Crippen molar-refractivity contribution in [1.29, 1.82) is 0 Å². The summed E-state index contributed by atoms with van der Waals surface area (Å²) in [6.07, 6.45) is 1.26. The maximum absolute atomic E-state index is 4.94. The van der Waals surface area contributed by atoms with Crippen LogP contribution in [0, 0.1) is 0 Å². The van der Waals surface area contributed by atoms with Gasteiger partial charge in [-0.3, -0.25) is 4.90 Å². The van der Waals surface area contributed by atoms with Crippen LogP contribution in [0.4, 0.5) is 0 Å². The summed E-state index contributed by atoms with van der Waals surface area (Å²) < 4.78 is 2.34. The molecule has 0 radical (unpaired) electrons. The lowest BCUT2D eigenvalue weighted by atomic mass is 10.1. The highest BCUT2D eigenvalue weighted by molar-refractivity contribution is 5.80. The van der Waals surface area contributed by atoms with Crippen molar-refractivity contribution >= 4 is 11.0 Å². The van der Waals surface area contributed by atoms with Crippen LogP contribution in [0.2, 0.25) is 0 Å². The molecule has 5 rings (SSSR count). The van der Waals surface area contributed by atoms with Crippen molar-refractivity contribution in [3.63, 3.8) is 0 Å². The molecule has 0 N–H and O–H groups in total. The molecule has 0 saturated carbocycles. The van der Waals surface area contributed by atoms with Crippen LogP contribution in [0.1, 0.15) is 17.5 Å². The van der Waals surface area contributed by atoms with Crippen LogP contribution in [0.15, 0.2) is 78.9 Å². The van der Waals surface area contributed by atoms with E-state index in [1.807, 2.05) is 0 Å². The van der Waals surface area contributed by atoms with Crippen molar-refractivity contribution in [3.8, 4) is 11.4 Å². The third-order valence-corrected chi connectivity index (χ3v) is 6.43. The molecule has 1 atom stereocenters. The maximum Gasteiger partial charge on any atom is 0.141 e. The van der Waals surface area contributed by atoms with Gasteiger partial charge in [-0.2, -0.15) is 0 Å². The number of para-hydroxylation sites is 2. The Morgan fingerprint density at radius 2 is 1.52 bits per heavy atom. The fourth-order valence-corrected chi connectivity index (χ4v) is 4.61. The van der Waals surface area contributed by atoms with Gasteiger partial charge in [-0.05, 0) is 43.8 Å². The molecule has 2 heterocycles. The van der Waals surface area contributed by atoms with E-state index in [2.05, 4.69) is 107 Å². The molecule has 4 nitrogen and oxygen atoms in total. The number of likely N-dealkylation sites (tertiary alicyclic amines) is 1. The van der Waals surface area contributed by atoms with E-state index >= 15 is 0 Å². The van der Waals surface area contributed by atoms with Crippen molar-refractivity contribution in [3.05, 3.63) is 90.0 Å². The average Bonchev–Trinajstić information content (AvgIpc) is 3.41. The van der Waals surface area contributed by atoms with Crippen molar-refractivity contribution in [1.82, 2.24) is 19.4 Å². The minimum atomic E-state index is 0.685. The predicted molar refractivity (Wildman–Crippen MR) is 128 cm³/mol. The topological polar surface area (TPSA) is 24.3 Å². The zero-order valence-corrected chi connectivity index (χ0v) is 18.4. The number of fused-ring (bicyclic) bond motifs is 1. The van der Waals surface area contributed by atoms with Crippen LogP contribution < -0.4 is 0 Å². The molecule has 3 aromatic carbocycles. The summed E-state index contributed by atoms with van der Waals surface area (Å²) in [4.78, 5) is 9.85. The second-order valence-corrected chi connectivity index (χ2v) is 8.83. The minimum absolute atomic E-state index is 0.685. The Bertz CT molecular complexity index is 1150. The van der Waals surface area contributed by atoms with E-state index in [-0.39, 0.29) is 0 Å². The molecule has 1 saturated heterocycles. The molecule has 0 aliphatic carbocycles. The molecular weight excluding hydrogens is 380 g/mol. The molecular formula is C27H30N4. The third-order valence-electron chi connectivity index (χ3n) is 6.43. The Morgan fingerprint density at radius 1 is 0.839 bits per heavy atom. The Morgan fingerprint density at radius 3 is 2.23 bits per heavy atom. The highest BCUT2D eigenvalue weighted by atomic mass is 15.2. The highest BCUT2D eigenvalue weighted by Gasteiger charge is 2.23. The Balaban J connectivity index is 1.37. The van der Waals surface area contributed by atoms with Crippen LogP contribution >= 0.6 is 0 Å². The molecule has 4 aromatic rings. The van der Waals surface area contributed by atoms with Gasteiger partial charge in [-0.15, -0.1) is 0 Å². The van der Waals surface area contributed by atoms with E-state index < -0.39 is 0 Å². The molecule has 0 bridgehead atoms. The van der Waals surface area contributed by atoms with Gasteiger partial charge >= 0.3 is 0 Å². The largest absolute Gasteiger partial charge is 0.319 e. The van der Waals surface area contributed by atoms with E-state index in [4.69, 9.17) is 4.98 Å². The van der Waals surface area contributed by atoms with Crippen molar-refractivity contribution in [2.75, 3.05) is 27.2 Å². The molecule has 0 spiro atoms. The summed E-state index contributed by atoms with van der Waals surface area (Å²) in [5, 5.41) is 0. The summed E-state index contributed by atoms with van der Waals surface area (Å²) in [7, 11) is 4.37. The van der Waals surface area contributed by atoms with E-state index in [0.717, 1.165) is 36.5 Å². The van der Waals surface area contributed by atoms with Crippen molar-refractivity contribution in [2.24, 2.45) is 0 Å². The van der Waals surface area contributed by atoms with E-state index in [9.17, 15) is 0 Å². The fraction of sp³-hybridized carbons (Fsp3) is 0.296. The second-order valence-electron chi connectivity index (χ2n) is 8.83. The van der Waals surface area contributed by atoms with Gasteiger partial charge in [0, 0.05) is 37.8 Å². The minimum Gasteiger partial charge on any atom is -0.319 e. The molecule has 0 amide bonds. The first-order valence-electron chi connectivity index (χ1n) is 11.1. The smallest absolute Gasteiger partial charge is 0.141 e. The number of nitrogens with zero attached hydrogens (tertiary/aromatic N) is 4. The molecule has 1 aliphatic heterocycles. The lowest BCUT2D eigenvalue weighted by Crippen LogP contribution is -2.31. The van der Waals surface area contributed by atoms with Gasteiger partial charge in [0.2, 0.25) is 0 Å². The van der Waals surface area contributed by atoms with Gasteiger partial charge < -0.3 is 9.47 Å². The Hall–Kier alpha value is -2.95. The van der Waals surface area contributed by atoms with Crippen LogP contribution in [0.25, 0.3) is 22.4 Å². The normalized spacial score (nSPS) is 17.1.